The summed E-state index contributed by atoms with van der Waals surface area (Å²) < 4.78 is 5.59. The molecule has 0 saturated carbocycles. The number of aromatic nitrogens is 1. The fraction of sp³-hybridized carbons (Fsp3) is 0.583. The molecular weight excluding hydrogens is 188 g/mol. The Bertz CT molecular complexity index is 264. The van der Waals surface area contributed by atoms with Crippen molar-refractivity contribution in [3.05, 3.63) is 30.1 Å². The predicted octanol–water partition coefficient (Wildman–Crippen LogP) is 1.64. The number of hydrogen-bond donors (Lipinski definition) is 1. The Kier molecular flexibility index (Phi) is 5.29. The number of nitrogens with zero attached hydrogens (tertiary/aromatic N) is 1. The molecule has 15 heavy (non-hydrogen) atoms. The zero-order valence-corrected chi connectivity index (χ0v) is 9.73. The van der Waals surface area contributed by atoms with Gasteiger partial charge in [-0.25, -0.2) is 0 Å². The SMILES string of the molecule is CCOC(C)C(Cc1ccncc1)NC. The first-order chi connectivity index (χ1) is 7.27. The fourth-order valence-electron chi connectivity index (χ4n) is 1.65. The van der Waals surface area contributed by atoms with Gasteiger partial charge in [-0.05, 0) is 45.0 Å². The van der Waals surface area contributed by atoms with Gasteiger partial charge in [0.2, 0.25) is 0 Å². The van der Waals surface area contributed by atoms with Gasteiger partial charge in [-0.2, -0.15) is 0 Å². The van der Waals surface area contributed by atoms with Crippen LogP contribution in [0.5, 0.6) is 0 Å². The van der Waals surface area contributed by atoms with Crippen LogP contribution in [0.4, 0.5) is 0 Å². The third-order valence-corrected chi connectivity index (χ3v) is 2.57. The van der Waals surface area contributed by atoms with E-state index in [0.29, 0.717) is 6.04 Å². The molecule has 84 valence electrons. The molecule has 1 rings (SSSR count). The van der Waals surface area contributed by atoms with Crippen molar-refractivity contribution >= 4 is 0 Å². The molecule has 1 N–H and O–H groups in total. The van der Waals surface area contributed by atoms with E-state index >= 15 is 0 Å². The number of rotatable bonds is 6. The standard InChI is InChI=1S/C12H20N2O/c1-4-15-10(2)12(13-3)9-11-5-7-14-8-6-11/h5-8,10,12-13H,4,9H2,1-3H3. The van der Waals surface area contributed by atoms with Crippen LogP contribution in [-0.2, 0) is 11.2 Å². The Labute approximate surface area is 91.9 Å². The third-order valence-electron chi connectivity index (χ3n) is 2.57. The second kappa shape index (κ2) is 6.53. The van der Waals surface area contributed by atoms with E-state index in [1.54, 1.807) is 0 Å². The highest BCUT2D eigenvalue weighted by molar-refractivity contribution is 5.11. The van der Waals surface area contributed by atoms with Crippen LogP contribution in [0, 0.1) is 0 Å². The highest BCUT2D eigenvalue weighted by atomic mass is 16.5. The minimum Gasteiger partial charge on any atom is -0.377 e. The van der Waals surface area contributed by atoms with Crippen molar-refractivity contribution in [3.63, 3.8) is 0 Å². The molecule has 0 amide bonds. The zero-order chi connectivity index (χ0) is 11.1. The summed E-state index contributed by atoms with van der Waals surface area (Å²) in [7, 11) is 1.97. The van der Waals surface area contributed by atoms with Crippen LogP contribution in [0.3, 0.4) is 0 Å². The largest absolute Gasteiger partial charge is 0.377 e. The molecule has 2 unspecified atom stereocenters. The summed E-state index contributed by atoms with van der Waals surface area (Å²) in [5.74, 6) is 0. The molecule has 0 aromatic carbocycles. The van der Waals surface area contributed by atoms with Gasteiger partial charge in [0.25, 0.3) is 0 Å². The summed E-state index contributed by atoms with van der Waals surface area (Å²) in [5, 5.41) is 3.29. The van der Waals surface area contributed by atoms with Gasteiger partial charge in [-0.15, -0.1) is 0 Å². The third kappa shape index (κ3) is 3.98. The van der Waals surface area contributed by atoms with Crippen molar-refractivity contribution in [1.29, 1.82) is 0 Å². The van der Waals surface area contributed by atoms with Gasteiger partial charge < -0.3 is 10.1 Å². The molecule has 1 aromatic rings. The maximum Gasteiger partial charge on any atom is 0.0702 e. The molecule has 0 aliphatic rings. The molecule has 1 aromatic heterocycles. The molecule has 1 heterocycles. The van der Waals surface area contributed by atoms with E-state index in [2.05, 4.69) is 17.2 Å². The Morgan fingerprint density at radius 1 is 1.40 bits per heavy atom. The van der Waals surface area contributed by atoms with Crippen molar-refractivity contribution in [3.8, 4) is 0 Å². The average Bonchev–Trinajstić information content (AvgIpc) is 2.27. The van der Waals surface area contributed by atoms with E-state index in [1.807, 2.05) is 38.5 Å². The summed E-state index contributed by atoms with van der Waals surface area (Å²) in [4.78, 5) is 4.01. The number of hydrogen-bond acceptors (Lipinski definition) is 3. The van der Waals surface area contributed by atoms with Crippen LogP contribution >= 0.6 is 0 Å². The van der Waals surface area contributed by atoms with Crippen molar-refractivity contribution in [2.45, 2.75) is 32.4 Å². The summed E-state index contributed by atoms with van der Waals surface area (Å²) in [6.45, 7) is 4.89. The van der Waals surface area contributed by atoms with Crippen LogP contribution in [0.15, 0.2) is 24.5 Å². The lowest BCUT2D eigenvalue weighted by Gasteiger charge is -2.23. The Hall–Kier alpha value is -0.930. The Morgan fingerprint density at radius 2 is 2.07 bits per heavy atom. The highest BCUT2D eigenvalue weighted by Gasteiger charge is 2.15. The van der Waals surface area contributed by atoms with Gasteiger partial charge in [-0.1, -0.05) is 0 Å². The molecule has 0 fully saturated rings. The van der Waals surface area contributed by atoms with Gasteiger partial charge in [-0.3, -0.25) is 4.98 Å². The zero-order valence-electron chi connectivity index (χ0n) is 9.73. The first kappa shape index (κ1) is 12.1. The van der Waals surface area contributed by atoms with Gasteiger partial charge >= 0.3 is 0 Å². The van der Waals surface area contributed by atoms with Gasteiger partial charge in [0.05, 0.1) is 6.10 Å². The van der Waals surface area contributed by atoms with Gasteiger partial charge in [0.1, 0.15) is 0 Å². The molecule has 0 aliphatic carbocycles. The fourth-order valence-corrected chi connectivity index (χ4v) is 1.65. The number of likely N-dealkylation sites (N-methyl/N-ethyl adjacent to an activating group) is 1. The van der Waals surface area contributed by atoms with Crippen LogP contribution in [-0.4, -0.2) is 30.8 Å². The predicted molar refractivity (Wildman–Crippen MR) is 61.9 cm³/mol. The monoisotopic (exact) mass is 208 g/mol. The first-order valence-electron chi connectivity index (χ1n) is 5.45. The molecule has 0 radical (unpaired) electrons. The second-order valence-electron chi connectivity index (χ2n) is 3.62. The maximum absolute atomic E-state index is 5.59. The van der Waals surface area contributed by atoms with Crippen LogP contribution in [0.2, 0.25) is 0 Å². The lowest BCUT2D eigenvalue weighted by atomic mass is 10.0. The molecular formula is C12H20N2O. The smallest absolute Gasteiger partial charge is 0.0702 e. The second-order valence-corrected chi connectivity index (χ2v) is 3.62. The summed E-state index contributed by atoms with van der Waals surface area (Å²) >= 11 is 0. The minimum absolute atomic E-state index is 0.230. The lowest BCUT2D eigenvalue weighted by molar-refractivity contribution is 0.0496. The molecule has 0 spiro atoms. The number of nitrogens with one attached hydrogen (secondary N) is 1. The highest BCUT2D eigenvalue weighted by Crippen LogP contribution is 2.07. The van der Waals surface area contributed by atoms with Crippen molar-refractivity contribution in [1.82, 2.24) is 10.3 Å². The van der Waals surface area contributed by atoms with Crippen molar-refractivity contribution in [2.24, 2.45) is 0 Å². The number of pyridine rings is 1. The normalized spacial score (nSPS) is 14.9. The summed E-state index contributed by atoms with van der Waals surface area (Å²) in [5.41, 5.74) is 1.29. The van der Waals surface area contributed by atoms with Crippen LogP contribution < -0.4 is 5.32 Å². The summed E-state index contributed by atoms with van der Waals surface area (Å²) in [6.07, 6.45) is 4.86. The van der Waals surface area contributed by atoms with E-state index in [-0.39, 0.29) is 6.10 Å². The topological polar surface area (TPSA) is 34.1 Å². The molecule has 2 atom stereocenters. The molecule has 0 bridgehead atoms. The lowest BCUT2D eigenvalue weighted by Crippen LogP contribution is -2.39. The van der Waals surface area contributed by atoms with E-state index in [4.69, 9.17) is 4.74 Å². The van der Waals surface area contributed by atoms with E-state index < -0.39 is 0 Å². The molecule has 0 saturated heterocycles. The Morgan fingerprint density at radius 3 is 2.60 bits per heavy atom. The molecule has 3 heteroatoms. The quantitative estimate of drug-likeness (QED) is 0.771. The first-order valence-corrected chi connectivity index (χ1v) is 5.45. The average molecular weight is 208 g/mol. The van der Waals surface area contributed by atoms with Crippen molar-refractivity contribution < 1.29 is 4.74 Å². The Balaban J connectivity index is 2.53. The van der Waals surface area contributed by atoms with E-state index in [0.717, 1.165) is 13.0 Å². The molecule has 0 aliphatic heterocycles. The van der Waals surface area contributed by atoms with Crippen molar-refractivity contribution in [2.75, 3.05) is 13.7 Å². The maximum atomic E-state index is 5.59. The van der Waals surface area contributed by atoms with Crippen LogP contribution in [0.25, 0.3) is 0 Å². The van der Waals surface area contributed by atoms with E-state index in [1.165, 1.54) is 5.56 Å². The summed E-state index contributed by atoms with van der Waals surface area (Å²) in [6, 6.07) is 4.44. The van der Waals surface area contributed by atoms with Gasteiger partial charge in [0.15, 0.2) is 0 Å². The van der Waals surface area contributed by atoms with Crippen LogP contribution in [0.1, 0.15) is 19.4 Å². The minimum atomic E-state index is 0.230. The number of ether oxygens (including phenoxy) is 1. The molecule has 3 nitrogen and oxygen atoms in total. The van der Waals surface area contributed by atoms with E-state index in [9.17, 15) is 0 Å². The van der Waals surface area contributed by atoms with Gasteiger partial charge in [0, 0.05) is 25.0 Å².